The normalized spacial score (nSPS) is 12.3. The van der Waals surface area contributed by atoms with Crippen molar-refractivity contribution in [2.45, 2.75) is 406 Å². The topological polar surface area (TPSA) is 78.9 Å². The van der Waals surface area contributed by atoms with Gasteiger partial charge in [-0.05, 0) is 77.0 Å². The highest BCUT2D eigenvalue weighted by Crippen LogP contribution is 2.19. The van der Waals surface area contributed by atoms with Crippen LogP contribution in [0, 0.1) is 0 Å². The minimum absolute atomic E-state index is 0.0778. The summed E-state index contributed by atoms with van der Waals surface area (Å²) < 4.78 is 16.9. The van der Waals surface area contributed by atoms with Gasteiger partial charge in [0, 0.05) is 19.3 Å². The van der Waals surface area contributed by atoms with E-state index in [4.69, 9.17) is 14.2 Å². The van der Waals surface area contributed by atoms with Gasteiger partial charge in [0.15, 0.2) is 6.10 Å². The summed E-state index contributed by atoms with van der Waals surface area (Å²) in [5.41, 5.74) is 0. The minimum Gasteiger partial charge on any atom is -0.462 e. The van der Waals surface area contributed by atoms with Gasteiger partial charge in [-0.2, -0.15) is 0 Å². The van der Waals surface area contributed by atoms with E-state index in [0.29, 0.717) is 19.3 Å². The molecule has 0 aromatic rings. The maximum Gasteiger partial charge on any atom is 0.306 e. The van der Waals surface area contributed by atoms with E-state index in [-0.39, 0.29) is 31.1 Å². The number of ether oxygens (including phenoxy) is 3. The van der Waals surface area contributed by atoms with Crippen molar-refractivity contribution in [1.82, 2.24) is 0 Å². The zero-order valence-electron chi connectivity index (χ0n) is 55.3. The Morgan fingerprint density at radius 1 is 0.244 bits per heavy atom. The Bertz CT molecular complexity index is 1410. The molecule has 480 valence electrons. The van der Waals surface area contributed by atoms with Gasteiger partial charge < -0.3 is 14.2 Å². The van der Waals surface area contributed by atoms with Crippen LogP contribution in [-0.4, -0.2) is 37.2 Å². The molecule has 0 heterocycles. The Hall–Kier alpha value is -2.63. The molecule has 0 aliphatic rings. The van der Waals surface area contributed by atoms with E-state index in [1.165, 1.54) is 270 Å². The highest BCUT2D eigenvalue weighted by molar-refractivity contribution is 5.71. The zero-order valence-corrected chi connectivity index (χ0v) is 55.3. The van der Waals surface area contributed by atoms with Crippen LogP contribution in [0.15, 0.2) is 48.6 Å². The lowest BCUT2D eigenvalue weighted by Gasteiger charge is -2.18. The number of rotatable bonds is 68. The molecule has 1 unspecified atom stereocenters. The molecule has 0 radical (unpaired) electrons. The molecule has 0 saturated carbocycles. The first-order valence-electron chi connectivity index (χ1n) is 36.6. The first kappa shape index (κ1) is 79.4. The molecule has 0 rings (SSSR count). The van der Waals surface area contributed by atoms with Crippen LogP contribution in [0.1, 0.15) is 400 Å². The van der Waals surface area contributed by atoms with Gasteiger partial charge in [-0.25, -0.2) is 0 Å². The number of allylic oxidation sites excluding steroid dienone is 8. The van der Waals surface area contributed by atoms with Crippen LogP contribution in [0.3, 0.4) is 0 Å². The minimum atomic E-state index is -0.783. The molecule has 0 aliphatic carbocycles. The van der Waals surface area contributed by atoms with Crippen molar-refractivity contribution in [2.24, 2.45) is 0 Å². The second-order valence-corrected chi connectivity index (χ2v) is 24.9. The lowest BCUT2D eigenvalue weighted by Crippen LogP contribution is -2.30. The van der Waals surface area contributed by atoms with Crippen molar-refractivity contribution in [3.63, 3.8) is 0 Å². The third kappa shape index (κ3) is 68.2. The molecule has 0 aromatic carbocycles. The first-order valence-corrected chi connectivity index (χ1v) is 36.6. The predicted octanol–water partition coefficient (Wildman–Crippen LogP) is 25.3. The van der Waals surface area contributed by atoms with Crippen LogP contribution in [0.4, 0.5) is 0 Å². The average Bonchev–Trinajstić information content (AvgIpc) is 3.47. The highest BCUT2D eigenvalue weighted by Gasteiger charge is 2.19. The quantitative estimate of drug-likeness (QED) is 0.0261. The number of carbonyl (C=O) groups is 3. The summed E-state index contributed by atoms with van der Waals surface area (Å²) in [7, 11) is 0. The summed E-state index contributed by atoms with van der Waals surface area (Å²) in [4.78, 5) is 38.3. The summed E-state index contributed by atoms with van der Waals surface area (Å²) in [6, 6.07) is 0. The Balaban J connectivity index is 4.08. The van der Waals surface area contributed by atoms with Gasteiger partial charge in [-0.15, -0.1) is 0 Å². The molecule has 0 aromatic heterocycles. The number of hydrogen-bond acceptors (Lipinski definition) is 6. The standard InChI is InChI=1S/C76H140O6/c1-4-7-10-13-16-19-22-24-26-28-30-32-33-34-35-36-37-38-39-40-41-42-43-45-46-48-50-52-54-57-60-63-66-69-75(78)81-72-73(71-80-74(77)68-65-62-59-56-21-18-15-12-9-6-3)82-76(79)70-67-64-61-58-55-53-51-49-47-44-31-29-27-25-23-20-17-14-11-8-5-2/h12,15,23,25,29,31,47,49,73H,4-11,13-14,16-22,24,26-28,30,32-46,48,50-72H2,1-3H3/b15-12-,25-23-,31-29-,49-47-. The second kappa shape index (κ2) is 70.9. The van der Waals surface area contributed by atoms with Gasteiger partial charge in [-0.3, -0.25) is 14.4 Å². The van der Waals surface area contributed by atoms with Crippen molar-refractivity contribution in [1.29, 1.82) is 0 Å². The van der Waals surface area contributed by atoms with E-state index in [2.05, 4.69) is 69.4 Å². The molecule has 1 atom stereocenters. The van der Waals surface area contributed by atoms with Gasteiger partial charge in [0.2, 0.25) is 0 Å². The Morgan fingerprint density at radius 3 is 0.744 bits per heavy atom. The van der Waals surface area contributed by atoms with E-state index in [9.17, 15) is 14.4 Å². The Kier molecular flexibility index (Phi) is 68.6. The Labute approximate surface area is 511 Å². The van der Waals surface area contributed by atoms with Crippen LogP contribution in [-0.2, 0) is 28.6 Å². The van der Waals surface area contributed by atoms with Crippen LogP contribution in [0.2, 0.25) is 0 Å². The molecule has 6 heteroatoms. The summed E-state index contributed by atoms with van der Waals surface area (Å²) in [6.07, 6.45) is 90.4. The van der Waals surface area contributed by atoms with E-state index in [1.807, 2.05) is 0 Å². The molecule has 0 saturated heterocycles. The summed E-state index contributed by atoms with van der Waals surface area (Å²) >= 11 is 0. The number of carbonyl (C=O) groups excluding carboxylic acids is 3. The van der Waals surface area contributed by atoms with E-state index >= 15 is 0 Å². The molecule has 0 spiro atoms. The lowest BCUT2D eigenvalue weighted by molar-refractivity contribution is -0.167. The fraction of sp³-hybridized carbons (Fsp3) is 0.855. The molecule has 0 fully saturated rings. The Morgan fingerprint density at radius 2 is 0.463 bits per heavy atom. The van der Waals surface area contributed by atoms with Crippen LogP contribution in [0.5, 0.6) is 0 Å². The fourth-order valence-electron chi connectivity index (χ4n) is 11.0. The van der Waals surface area contributed by atoms with Crippen LogP contribution in [0.25, 0.3) is 0 Å². The van der Waals surface area contributed by atoms with Crippen molar-refractivity contribution in [3.05, 3.63) is 48.6 Å². The highest BCUT2D eigenvalue weighted by atomic mass is 16.6. The van der Waals surface area contributed by atoms with Gasteiger partial charge in [0.05, 0.1) is 0 Å². The van der Waals surface area contributed by atoms with Gasteiger partial charge >= 0.3 is 17.9 Å². The largest absolute Gasteiger partial charge is 0.462 e. The maximum atomic E-state index is 12.9. The first-order chi connectivity index (χ1) is 40.5. The van der Waals surface area contributed by atoms with E-state index in [0.717, 1.165) is 89.9 Å². The summed E-state index contributed by atoms with van der Waals surface area (Å²) in [6.45, 7) is 6.61. The third-order valence-electron chi connectivity index (χ3n) is 16.5. The van der Waals surface area contributed by atoms with Crippen LogP contribution < -0.4 is 0 Å². The second-order valence-electron chi connectivity index (χ2n) is 24.9. The van der Waals surface area contributed by atoms with Crippen LogP contribution >= 0.6 is 0 Å². The van der Waals surface area contributed by atoms with Gasteiger partial charge in [-0.1, -0.05) is 352 Å². The molecule has 0 bridgehead atoms. The number of esters is 3. The average molecular weight is 1150 g/mol. The molecule has 6 nitrogen and oxygen atoms in total. The van der Waals surface area contributed by atoms with E-state index in [1.54, 1.807) is 0 Å². The summed E-state index contributed by atoms with van der Waals surface area (Å²) in [5, 5.41) is 0. The SMILES string of the molecule is CCC/C=C\CCCCCCCC(=O)OCC(COC(=O)CCCCCCCCCCCCCCCCCCCCCCCCCCCCCCCCCCC)OC(=O)CCCCCCCC/C=C\C/C=C\C/C=C\CCCCCCC. The molecule has 0 amide bonds. The van der Waals surface area contributed by atoms with Crippen molar-refractivity contribution < 1.29 is 28.6 Å². The third-order valence-corrected chi connectivity index (χ3v) is 16.5. The number of hydrogen-bond donors (Lipinski definition) is 0. The number of unbranched alkanes of at least 4 members (excludes halogenated alkanes) is 49. The molecular formula is C76H140O6. The molecule has 82 heavy (non-hydrogen) atoms. The fourth-order valence-corrected chi connectivity index (χ4v) is 11.0. The van der Waals surface area contributed by atoms with Gasteiger partial charge in [0.1, 0.15) is 13.2 Å². The van der Waals surface area contributed by atoms with Crippen molar-refractivity contribution in [2.75, 3.05) is 13.2 Å². The smallest absolute Gasteiger partial charge is 0.306 e. The lowest BCUT2D eigenvalue weighted by atomic mass is 10.0. The summed E-state index contributed by atoms with van der Waals surface area (Å²) in [5.74, 6) is -0.880. The molecule has 0 N–H and O–H groups in total. The van der Waals surface area contributed by atoms with Crippen molar-refractivity contribution >= 4 is 17.9 Å². The van der Waals surface area contributed by atoms with E-state index < -0.39 is 6.10 Å². The molecular weight excluding hydrogens is 1010 g/mol. The zero-order chi connectivity index (χ0) is 59.2. The van der Waals surface area contributed by atoms with Crippen molar-refractivity contribution in [3.8, 4) is 0 Å². The monoisotopic (exact) mass is 1150 g/mol. The molecule has 0 aliphatic heterocycles. The maximum absolute atomic E-state index is 12.9. The predicted molar refractivity (Wildman–Crippen MR) is 358 cm³/mol. The van der Waals surface area contributed by atoms with Gasteiger partial charge in [0.25, 0.3) is 0 Å².